The van der Waals surface area contributed by atoms with Gasteiger partial charge in [-0.3, -0.25) is 0 Å². The van der Waals surface area contributed by atoms with E-state index in [4.69, 9.17) is 0 Å². The average molecular weight is 700 g/mol. The maximum Gasteiger partial charge on any atom is 0.144 e. The number of fused-ring (bicyclic) bond motifs is 2. The molecule has 0 radical (unpaired) electrons. The van der Waals surface area contributed by atoms with Crippen LogP contribution in [0.2, 0.25) is 0 Å². The third-order valence-electron chi connectivity index (χ3n) is 10.1. The molecule has 0 unspecified atom stereocenters. The topological polar surface area (TPSA) is 0 Å². The highest BCUT2D eigenvalue weighted by atomic mass is 31.2. The van der Waals surface area contributed by atoms with E-state index in [2.05, 4.69) is 224 Å². The van der Waals surface area contributed by atoms with Crippen molar-refractivity contribution in [1.29, 1.82) is 0 Å². The maximum atomic E-state index is 2.47. The number of rotatable bonds is 8. The van der Waals surface area contributed by atoms with Crippen molar-refractivity contribution >= 4 is 73.9 Å². The molecule has 9 aromatic rings. The molecule has 0 saturated carbocycles. The summed E-state index contributed by atoms with van der Waals surface area (Å²) in [7, 11) is -3.40. The van der Waals surface area contributed by atoms with Gasteiger partial charge in [0.15, 0.2) is 0 Å². The van der Waals surface area contributed by atoms with Crippen molar-refractivity contribution < 1.29 is 0 Å². The number of hydrogen-bond acceptors (Lipinski definition) is 0. The van der Waals surface area contributed by atoms with Crippen molar-refractivity contribution in [3.05, 3.63) is 224 Å². The van der Waals surface area contributed by atoms with Crippen LogP contribution in [0.5, 0.6) is 0 Å². The lowest BCUT2D eigenvalue weighted by Gasteiger charge is -2.31. The Balaban J connectivity index is 1.51. The number of benzene rings is 9. The van der Waals surface area contributed by atoms with Gasteiger partial charge in [0.1, 0.15) is 28.5 Å². The Morgan fingerprint density at radius 2 is 0.654 bits per heavy atom. The largest absolute Gasteiger partial charge is 0.144 e. The van der Waals surface area contributed by atoms with Crippen molar-refractivity contribution in [1.82, 2.24) is 0 Å². The van der Waals surface area contributed by atoms with Crippen LogP contribution in [0.4, 0.5) is 0 Å². The van der Waals surface area contributed by atoms with E-state index < -0.39 is 15.2 Å². The summed E-state index contributed by atoms with van der Waals surface area (Å²) in [5.41, 5.74) is 2.66. The molecule has 2 heteroatoms. The second kappa shape index (κ2) is 14.2. The molecule has 0 aromatic heterocycles. The van der Waals surface area contributed by atoms with E-state index in [1.807, 2.05) is 0 Å². The van der Waals surface area contributed by atoms with E-state index >= 15 is 0 Å². The highest BCUT2D eigenvalue weighted by Gasteiger charge is 2.50. The Morgan fingerprint density at radius 3 is 1.12 bits per heavy atom. The van der Waals surface area contributed by atoms with E-state index in [-0.39, 0.29) is 0 Å². The fourth-order valence-electron chi connectivity index (χ4n) is 7.91. The first-order valence-corrected chi connectivity index (χ1v) is 21.0. The van der Waals surface area contributed by atoms with Crippen molar-refractivity contribution in [3.8, 4) is 11.1 Å². The molecule has 9 rings (SSSR count). The van der Waals surface area contributed by atoms with Crippen molar-refractivity contribution in [3.63, 3.8) is 0 Å². The third-order valence-corrected chi connectivity index (χ3v) is 16.9. The van der Waals surface area contributed by atoms with E-state index in [0.29, 0.717) is 0 Å². The number of hydrogen-bond donors (Lipinski definition) is 0. The Hall–Kier alpha value is -5.64. The maximum absolute atomic E-state index is 2.48. The van der Waals surface area contributed by atoms with E-state index in [1.165, 1.54) is 69.8 Å². The van der Waals surface area contributed by atoms with Gasteiger partial charge in [0.2, 0.25) is 0 Å². The van der Waals surface area contributed by atoms with E-state index in [9.17, 15) is 0 Å². The minimum absolute atomic E-state index is 0.918. The molecule has 0 saturated heterocycles. The molecule has 0 atom stereocenters. The van der Waals surface area contributed by atoms with Gasteiger partial charge in [0.25, 0.3) is 0 Å². The summed E-state index contributed by atoms with van der Waals surface area (Å²) in [6.45, 7) is 0. The van der Waals surface area contributed by atoms with Crippen LogP contribution in [0, 0.1) is 0 Å². The minimum atomic E-state index is -2.48. The molecular weight excluding hydrogens is 662 g/mol. The normalized spacial score (nSPS) is 11.6. The predicted octanol–water partition coefficient (Wildman–Crippen LogP) is 10.0. The fourth-order valence-corrected chi connectivity index (χ4v) is 14.8. The van der Waals surface area contributed by atoms with Crippen molar-refractivity contribution in [2.45, 2.75) is 0 Å². The minimum Gasteiger partial charge on any atom is -0.0622 e. The first kappa shape index (κ1) is 32.3. The van der Waals surface area contributed by atoms with Crippen LogP contribution in [0.3, 0.4) is 0 Å². The average Bonchev–Trinajstić information content (AvgIpc) is 3.23. The van der Waals surface area contributed by atoms with Gasteiger partial charge >= 0.3 is 0 Å². The third kappa shape index (κ3) is 5.57. The lowest BCUT2D eigenvalue weighted by Crippen LogP contribution is -2.39. The van der Waals surface area contributed by atoms with Crippen molar-refractivity contribution in [2.75, 3.05) is 0 Å². The smallest absolute Gasteiger partial charge is 0.0622 e. The summed E-state index contributed by atoms with van der Waals surface area (Å²) >= 11 is 0. The molecule has 0 nitrogen and oxygen atoms in total. The second-order valence-corrected chi connectivity index (χ2v) is 18.6. The van der Waals surface area contributed by atoms with Gasteiger partial charge in [-0.05, 0) is 87.8 Å². The van der Waals surface area contributed by atoms with Crippen LogP contribution in [-0.4, -0.2) is 0 Å². The predicted molar refractivity (Wildman–Crippen MR) is 230 cm³/mol. The van der Waals surface area contributed by atoms with Gasteiger partial charge in [-0.25, -0.2) is 0 Å². The lowest BCUT2D eigenvalue weighted by molar-refractivity contribution is 1.70. The van der Waals surface area contributed by atoms with Gasteiger partial charge in [0, 0.05) is 11.1 Å². The summed E-state index contributed by atoms with van der Waals surface area (Å²) in [6.07, 6.45) is 0. The molecule has 0 fully saturated rings. The van der Waals surface area contributed by atoms with Gasteiger partial charge in [-0.15, -0.1) is 0 Å². The zero-order chi connectivity index (χ0) is 34.7. The summed E-state index contributed by atoms with van der Waals surface area (Å²) in [4.78, 5) is 0. The molecule has 0 N–H and O–H groups in total. The fraction of sp³-hybridized carbons (Fsp3) is 0. The van der Waals surface area contributed by atoms with Crippen LogP contribution in [0.25, 0.3) is 32.7 Å². The standard InChI is InChI=1S/C50H37P2/c1-6-22-40(23-7-1)51(41-24-8-2-9-25-41)47-36-34-38-20-16-18-32-45(38)49(47)50-46-33-19-17-21-39(46)35-37-48(50)52(42-26-10-3-11-27-42,43-28-12-4-13-29-43)44-30-14-5-15-31-44/h1-37H/q+1. The van der Waals surface area contributed by atoms with E-state index in [0.717, 1.165) is 0 Å². The van der Waals surface area contributed by atoms with Gasteiger partial charge in [0.05, 0.1) is 0 Å². The summed E-state index contributed by atoms with van der Waals surface area (Å²) < 4.78 is 0. The quantitative estimate of drug-likeness (QED) is 0.139. The second-order valence-electron chi connectivity index (χ2n) is 13.0. The molecule has 0 spiro atoms. The Labute approximate surface area is 308 Å². The van der Waals surface area contributed by atoms with Gasteiger partial charge < -0.3 is 0 Å². The summed E-state index contributed by atoms with van der Waals surface area (Å²) in [5, 5.41) is 14.5. The van der Waals surface area contributed by atoms with Gasteiger partial charge in [-0.2, -0.15) is 0 Å². The zero-order valence-corrected chi connectivity index (χ0v) is 30.5. The molecule has 0 bridgehead atoms. The molecule has 52 heavy (non-hydrogen) atoms. The van der Waals surface area contributed by atoms with Gasteiger partial charge in [-0.1, -0.05) is 182 Å². The summed E-state index contributed by atoms with van der Waals surface area (Å²) in [5.74, 6) is 0. The zero-order valence-electron chi connectivity index (χ0n) is 28.8. The van der Waals surface area contributed by atoms with Crippen LogP contribution >= 0.6 is 15.2 Å². The van der Waals surface area contributed by atoms with Crippen LogP contribution in [0.1, 0.15) is 0 Å². The molecule has 0 aliphatic rings. The Kier molecular flexibility index (Phi) is 8.80. The Morgan fingerprint density at radius 1 is 0.288 bits per heavy atom. The van der Waals surface area contributed by atoms with Crippen LogP contribution in [0.15, 0.2) is 224 Å². The first-order valence-electron chi connectivity index (χ1n) is 17.8. The molecule has 0 aliphatic carbocycles. The monoisotopic (exact) mass is 699 g/mol. The van der Waals surface area contributed by atoms with Crippen LogP contribution in [-0.2, 0) is 0 Å². The molecule has 0 amide bonds. The van der Waals surface area contributed by atoms with E-state index in [1.54, 1.807) is 0 Å². The van der Waals surface area contributed by atoms with Crippen LogP contribution < -0.4 is 37.1 Å². The highest BCUT2D eigenvalue weighted by molar-refractivity contribution is 8.01. The molecule has 9 aromatic carbocycles. The van der Waals surface area contributed by atoms with Crippen molar-refractivity contribution in [2.24, 2.45) is 0 Å². The molecular formula is C50H37P2+. The molecule has 0 aliphatic heterocycles. The Bertz CT molecular complexity index is 2470. The molecule has 246 valence electrons. The molecule has 0 heterocycles. The first-order chi connectivity index (χ1) is 25.8. The summed E-state index contributed by atoms with van der Waals surface area (Å²) in [6, 6.07) is 83.8. The SMILES string of the molecule is c1ccc(P(c2ccccc2)c2ccc3ccccc3c2-c2c([P+](c3ccccc3)(c3ccccc3)c3ccccc3)ccc3ccccc23)cc1. The highest BCUT2D eigenvalue weighted by Crippen LogP contribution is 2.57. The lowest BCUT2D eigenvalue weighted by atomic mass is 9.93.